The smallest absolute Gasteiger partial charge is 0.0796 e. The first kappa shape index (κ1) is 9.72. The largest absolute Gasteiger partial charge is 0.388 e. The molecule has 14 heavy (non-hydrogen) atoms. The van der Waals surface area contributed by atoms with E-state index in [9.17, 15) is 5.11 Å². The highest BCUT2D eigenvalue weighted by Crippen LogP contribution is 2.34. The topological polar surface area (TPSA) is 20.2 Å². The molecular formula is C13H18O. The van der Waals surface area contributed by atoms with Crippen LogP contribution in [0.25, 0.3) is 0 Å². The summed E-state index contributed by atoms with van der Waals surface area (Å²) in [6.07, 6.45) is 1.69. The van der Waals surface area contributed by atoms with Crippen molar-refractivity contribution < 1.29 is 5.11 Å². The summed E-state index contributed by atoms with van der Waals surface area (Å²) in [7, 11) is 0. The van der Waals surface area contributed by atoms with Crippen molar-refractivity contribution in [2.75, 3.05) is 0 Å². The summed E-state index contributed by atoms with van der Waals surface area (Å²) in [6, 6.07) is 6.54. The molecule has 0 saturated heterocycles. The van der Waals surface area contributed by atoms with Crippen LogP contribution in [0.4, 0.5) is 0 Å². The summed E-state index contributed by atoms with van der Waals surface area (Å²) in [4.78, 5) is 0. The summed E-state index contributed by atoms with van der Waals surface area (Å²) < 4.78 is 0. The lowest BCUT2D eigenvalue weighted by Crippen LogP contribution is -2.11. The zero-order chi connectivity index (χ0) is 10.3. The van der Waals surface area contributed by atoms with E-state index in [4.69, 9.17) is 0 Å². The van der Waals surface area contributed by atoms with Gasteiger partial charge in [-0.3, -0.25) is 0 Å². The van der Waals surface area contributed by atoms with Crippen LogP contribution in [0.2, 0.25) is 0 Å². The number of hydrogen-bond acceptors (Lipinski definition) is 1. The van der Waals surface area contributed by atoms with Crippen molar-refractivity contribution in [2.24, 2.45) is 0 Å². The summed E-state index contributed by atoms with van der Waals surface area (Å²) in [6.45, 7) is 6.61. The Morgan fingerprint density at radius 3 is 2.64 bits per heavy atom. The van der Waals surface area contributed by atoms with E-state index in [1.807, 2.05) is 0 Å². The Morgan fingerprint density at radius 1 is 1.29 bits per heavy atom. The average Bonchev–Trinajstić information content (AvgIpc) is 2.46. The van der Waals surface area contributed by atoms with E-state index in [1.165, 1.54) is 11.1 Å². The van der Waals surface area contributed by atoms with E-state index in [0.29, 0.717) is 0 Å². The van der Waals surface area contributed by atoms with Gasteiger partial charge in [-0.2, -0.15) is 0 Å². The maximum atomic E-state index is 9.77. The molecule has 0 spiro atoms. The Morgan fingerprint density at radius 2 is 2.00 bits per heavy atom. The lowest BCUT2D eigenvalue weighted by molar-refractivity contribution is 0.180. The van der Waals surface area contributed by atoms with Crippen LogP contribution in [0.15, 0.2) is 18.2 Å². The van der Waals surface area contributed by atoms with E-state index < -0.39 is 0 Å². The van der Waals surface area contributed by atoms with Gasteiger partial charge < -0.3 is 5.11 Å². The van der Waals surface area contributed by atoms with Gasteiger partial charge in [0.25, 0.3) is 0 Å². The van der Waals surface area contributed by atoms with E-state index in [1.54, 1.807) is 0 Å². The van der Waals surface area contributed by atoms with Crippen LogP contribution in [0, 0.1) is 0 Å². The highest BCUT2D eigenvalue weighted by atomic mass is 16.3. The first-order valence-corrected chi connectivity index (χ1v) is 5.30. The monoisotopic (exact) mass is 190 g/mol. The third-order valence-electron chi connectivity index (χ3n) is 3.06. The standard InChI is InChI=1S/C13H18O/c1-13(2,3)10-6-4-9-5-7-12(14)11(9)8-10/h4,6,8,12,14H,5,7H2,1-3H3/t12-/m0/s1. The van der Waals surface area contributed by atoms with Crippen molar-refractivity contribution in [1.82, 2.24) is 0 Å². The van der Waals surface area contributed by atoms with Crippen LogP contribution in [0.5, 0.6) is 0 Å². The fourth-order valence-electron chi connectivity index (χ4n) is 2.05. The van der Waals surface area contributed by atoms with Gasteiger partial charge in [0, 0.05) is 0 Å². The van der Waals surface area contributed by atoms with Crippen LogP contribution >= 0.6 is 0 Å². The average molecular weight is 190 g/mol. The van der Waals surface area contributed by atoms with Crippen LogP contribution in [0.1, 0.15) is 50.0 Å². The Bertz CT molecular complexity index is 347. The lowest BCUT2D eigenvalue weighted by Gasteiger charge is -2.20. The maximum Gasteiger partial charge on any atom is 0.0796 e. The van der Waals surface area contributed by atoms with E-state index >= 15 is 0 Å². The molecule has 0 heterocycles. The number of benzene rings is 1. The molecule has 1 aliphatic carbocycles. The predicted molar refractivity (Wildman–Crippen MR) is 58.4 cm³/mol. The van der Waals surface area contributed by atoms with Gasteiger partial charge in [0.2, 0.25) is 0 Å². The normalized spacial score (nSPS) is 21.0. The third-order valence-corrected chi connectivity index (χ3v) is 3.06. The highest BCUT2D eigenvalue weighted by molar-refractivity contribution is 5.39. The molecule has 2 rings (SSSR count). The molecule has 1 aromatic rings. The van der Waals surface area contributed by atoms with Crippen LogP contribution in [-0.2, 0) is 11.8 Å². The minimum atomic E-state index is -0.229. The van der Waals surface area contributed by atoms with Crippen molar-refractivity contribution in [2.45, 2.75) is 45.1 Å². The molecule has 1 heteroatoms. The lowest BCUT2D eigenvalue weighted by atomic mass is 9.85. The molecule has 0 fully saturated rings. The molecule has 0 bridgehead atoms. The molecule has 1 aromatic carbocycles. The van der Waals surface area contributed by atoms with Crippen molar-refractivity contribution in [1.29, 1.82) is 0 Å². The maximum absolute atomic E-state index is 9.77. The number of aliphatic hydroxyl groups excluding tert-OH is 1. The minimum Gasteiger partial charge on any atom is -0.388 e. The van der Waals surface area contributed by atoms with Crippen molar-refractivity contribution in [3.63, 3.8) is 0 Å². The number of hydrogen-bond donors (Lipinski definition) is 1. The van der Waals surface area contributed by atoms with Gasteiger partial charge in [-0.1, -0.05) is 39.0 Å². The SMILES string of the molecule is CC(C)(C)c1ccc2c(c1)[C@@H](O)CC2. The van der Waals surface area contributed by atoms with Crippen molar-refractivity contribution in [3.05, 3.63) is 34.9 Å². The van der Waals surface area contributed by atoms with Gasteiger partial charge in [-0.05, 0) is 34.9 Å². The number of aliphatic hydroxyl groups is 1. The molecular weight excluding hydrogens is 172 g/mol. The molecule has 0 unspecified atom stereocenters. The van der Waals surface area contributed by atoms with Gasteiger partial charge in [0.05, 0.1) is 6.10 Å². The second-order valence-corrected chi connectivity index (χ2v) is 5.22. The van der Waals surface area contributed by atoms with Crippen LogP contribution < -0.4 is 0 Å². The molecule has 1 N–H and O–H groups in total. The molecule has 0 aliphatic heterocycles. The fraction of sp³-hybridized carbons (Fsp3) is 0.538. The van der Waals surface area contributed by atoms with Gasteiger partial charge in [0.1, 0.15) is 0 Å². The van der Waals surface area contributed by atoms with Crippen LogP contribution in [0.3, 0.4) is 0 Å². The first-order chi connectivity index (χ1) is 6.48. The second-order valence-electron chi connectivity index (χ2n) is 5.22. The summed E-state index contributed by atoms with van der Waals surface area (Å²) >= 11 is 0. The van der Waals surface area contributed by atoms with Crippen LogP contribution in [-0.4, -0.2) is 5.11 Å². The van der Waals surface area contributed by atoms with E-state index in [2.05, 4.69) is 39.0 Å². The zero-order valence-corrected chi connectivity index (χ0v) is 9.17. The Kier molecular flexibility index (Phi) is 2.15. The number of fused-ring (bicyclic) bond motifs is 1. The van der Waals surface area contributed by atoms with Gasteiger partial charge in [-0.15, -0.1) is 0 Å². The van der Waals surface area contributed by atoms with Crippen molar-refractivity contribution >= 4 is 0 Å². The molecule has 76 valence electrons. The summed E-state index contributed by atoms with van der Waals surface area (Å²) in [5.41, 5.74) is 3.97. The van der Waals surface area contributed by atoms with Gasteiger partial charge in [0.15, 0.2) is 0 Å². The zero-order valence-electron chi connectivity index (χ0n) is 9.17. The quantitative estimate of drug-likeness (QED) is 0.667. The molecule has 0 aromatic heterocycles. The first-order valence-electron chi connectivity index (χ1n) is 5.30. The predicted octanol–water partition coefficient (Wildman–Crippen LogP) is 2.96. The Labute approximate surface area is 85.8 Å². The molecule has 1 aliphatic rings. The van der Waals surface area contributed by atoms with E-state index in [-0.39, 0.29) is 11.5 Å². The summed E-state index contributed by atoms with van der Waals surface area (Å²) in [5.74, 6) is 0. The molecule has 0 amide bonds. The Balaban J connectivity index is 2.45. The number of rotatable bonds is 0. The molecule has 0 saturated carbocycles. The van der Waals surface area contributed by atoms with Gasteiger partial charge >= 0.3 is 0 Å². The third kappa shape index (κ3) is 1.57. The van der Waals surface area contributed by atoms with Crippen molar-refractivity contribution in [3.8, 4) is 0 Å². The summed E-state index contributed by atoms with van der Waals surface area (Å²) in [5, 5.41) is 9.77. The molecule has 1 nitrogen and oxygen atoms in total. The molecule has 0 radical (unpaired) electrons. The second kappa shape index (κ2) is 3.09. The minimum absolute atomic E-state index is 0.178. The van der Waals surface area contributed by atoms with Gasteiger partial charge in [-0.25, -0.2) is 0 Å². The fourth-order valence-corrected chi connectivity index (χ4v) is 2.05. The van der Waals surface area contributed by atoms with E-state index in [0.717, 1.165) is 18.4 Å². The highest BCUT2D eigenvalue weighted by Gasteiger charge is 2.22. The Hall–Kier alpha value is -0.820. The number of aryl methyl sites for hydroxylation is 1. The molecule has 1 atom stereocenters.